The third-order valence-electron chi connectivity index (χ3n) is 3.19. The van der Waals surface area contributed by atoms with Crippen molar-refractivity contribution in [3.05, 3.63) is 5.89 Å². The summed E-state index contributed by atoms with van der Waals surface area (Å²) in [4.78, 5) is 1.98. The third kappa shape index (κ3) is 2.63. The maximum Gasteiger partial charge on any atom is 0.318 e. The van der Waals surface area contributed by atoms with Crippen molar-refractivity contribution in [2.75, 3.05) is 31.7 Å². The molecule has 1 aliphatic rings. The molecule has 1 aromatic heterocycles. The van der Waals surface area contributed by atoms with Gasteiger partial charge in [0.15, 0.2) is 0 Å². The van der Waals surface area contributed by atoms with Gasteiger partial charge in [-0.3, -0.25) is 0 Å². The standard InChI is InChI=1S/C11H20N4O3/c1-7-6-17-9(5-16)4-15(7)11-14-13-10(18-11)8(2)12-3/h7-9,12,16H,4-6H2,1-3H3. The number of hydrogen-bond acceptors (Lipinski definition) is 7. The van der Waals surface area contributed by atoms with E-state index in [0.717, 1.165) is 0 Å². The largest absolute Gasteiger partial charge is 0.406 e. The second kappa shape index (κ2) is 5.64. The van der Waals surface area contributed by atoms with Crippen molar-refractivity contribution in [1.82, 2.24) is 15.5 Å². The van der Waals surface area contributed by atoms with E-state index in [2.05, 4.69) is 15.5 Å². The molecule has 0 aliphatic carbocycles. The lowest BCUT2D eigenvalue weighted by molar-refractivity contribution is -0.0119. The Morgan fingerprint density at radius 1 is 1.56 bits per heavy atom. The molecule has 102 valence electrons. The second-order valence-corrected chi connectivity index (χ2v) is 4.57. The van der Waals surface area contributed by atoms with Gasteiger partial charge in [-0.1, -0.05) is 5.10 Å². The van der Waals surface area contributed by atoms with E-state index >= 15 is 0 Å². The van der Waals surface area contributed by atoms with Crippen molar-refractivity contribution < 1.29 is 14.3 Å². The Hall–Kier alpha value is -1.18. The third-order valence-corrected chi connectivity index (χ3v) is 3.19. The van der Waals surface area contributed by atoms with Gasteiger partial charge in [-0.05, 0) is 20.9 Å². The fourth-order valence-corrected chi connectivity index (χ4v) is 1.84. The highest BCUT2D eigenvalue weighted by atomic mass is 16.5. The number of aliphatic hydroxyl groups excluding tert-OH is 1. The van der Waals surface area contributed by atoms with Crippen LogP contribution in [0.3, 0.4) is 0 Å². The van der Waals surface area contributed by atoms with E-state index in [1.165, 1.54) is 0 Å². The van der Waals surface area contributed by atoms with Crippen molar-refractivity contribution in [3.63, 3.8) is 0 Å². The average molecular weight is 256 g/mol. The smallest absolute Gasteiger partial charge is 0.318 e. The number of anilines is 1. The van der Waals surface area contributed by atoms with Gasteiger partial charge in [-0.25, -0.2) is 0 Å². The highest BCUT2D eigenvalue weighted by Crippen LogP contribution is 2.22. The monoisotopic (exact) mass is 256 g/mol. The first-order chi connectivity index (χ1) is 8.65. The van der Waals surface area contributed by atoms with E-state index in [1.807, 2.05) is 25.8 Å². The summed E-state index contributed by atoms with van der Waals surface area (Å²) in [6.07, 6.45) is -0.196. The van der Waals surface area contributed by atoms with Crippen LogP contribution in [0.2, 0.25) is 0 Å². The molecule has 3 atom stereocenters. The Kier molecular flexibility index (Phi) is 4.15. The maximum atomic E-state index is 9.15. The Morgan fingerprint density at radius 2 is 2.33 bits per heavy atom. The fourth-order valence-electron chi connectivity index (χ4n) is 1.84. The molecule has 1 aliphatic heterocycles. The van der Waals surface area contributed by atoms with Gasteiger partial charge in [-0.2, -0.15) is 0 Å². The topological polar surface area (TPSA) is 83.7 Å². The summed E-state index contributed by atoms with van der Waals surface area (Å²) in [7, 11) is 1.84. The number of rotatable bonds is 4. The molecule has 7 nitrogen and oxygen atoms in total. The van der Waals surface area contributed by atoms with Crippen LogP contribution in [0, 0.1) is 0 Å². The zero-order valence-corrected chi connectivity index (χ0v) is 11.0. The molecular formula is C11H20N4O3. The van der Waals surface area contributed by atoms with Crippen LogP contribution in [0.15, 0.2) is 4.42 Å². The molecule has 0 bridgehead atoms. The summed E-state index contributed by atoms with van der Waals surface area (Å²) in [6.45, 7) is 5.09. The molecule has 7 heteroatoms. The predicted octanol–water partition coefficient (Wildman–Crippen LogP) is -0.0640. The molecular weight excluding hydrogens is 236 g/mol. The summed E-state index contributed by atoms with van der Waals surface area (Å²) in [6, 6.07) is 0.670. The van der Waals surface area contributed by atoms with Crippen molar-refractivity contribution in [2.24, 2.45) is 0 Å². The van der Waals surface area contributed by atoms with Gasteiger partial charge < -0.3 is 24.5 Å². The molecule has 2 heterocycles. The van der Waals surface area contributed by atoms with Gasteiger partial charge >= 0.3 is 6.01 Å². The Morgan fingerprint density at radius 3 is 3.00 bits per heavy atom. The maximum absolute atomic E-state index is 9.15. The van der Waals surface area contributed by atoms with Gasteiger partial charge in [0.2, 0.25) is 5.89 Å². The van der Waals surface area contributed by atoms with Crippen LogP contribution < -0.4 is 10.2 Å². The Labute approximate surface area is 106 Å². The van der Waals surface area contributed by atoms with Crippen LogP contribution in [0.5, 0.6) is 0 Å². The second-order valence-electron chi connectivity index (χ2n) is 4.57. The molecule has 1 aromatic rings. The van der Waals surface area contributed by atoms with Gasteiger partial charge in [0, 0.05) is 0 Å². The summed E-state index contributed by atoms with van der Waals surface area (Å²) in [5.41, 5.74) is 0. The highest BCUT2D eigenvalue weighted by molar-refractivity contribution is 5.28. The summed E-state index contributed by atoms with van der Waals surface area (Å²) >= 11 is 0. The first-order valence-corrected chi connectivity index (χ1v) is 6.15. The average Bonchev–Trinajstić information content (AvgIpc) is 2.88. The van der Waals surface area contributed by atoms with Gasteiger partial charge in [0.25, 0.3) is 0 Å². The number of aliphatic hydroxyl groups is 1. The molecule has 0 spiro atoms. The van der Waals surface area contributed by atoms with Crippen LogP contribution in [-0.4, -0.2) is 54.3 Å². The first-order valence-electron chi connectivity index (χ1n) is 6.15. The number of hydrogen-bond donors (Lipinski definition) is 2. The quantitative estimate of drug-likeness (QED) is 0.780. The minimum Gasteiger partial charge on any atom is -0.406 e. The summed E-state index contributed by atoms with van der Waals surface area (Å²) in [5.74, 6) is 0.562. The van der Waals surface area contributed by atoms with E-state index in [0.29, 0.717) is 25.1 Å². The molecule has 3 unspecified atom stereocenters. The van der Waals surface area contributed by atoms with Crippen LogP contribution in [0.1, 0.15) is 25.8 Å². The summed E-state index contributed by atoms with van der Waals surface area (Å²) < 4.78 is 11.1. The van der Waals surface area contributed by atoms with Crippen LogP contribution >= 0.6 is 0 Å². The van der Waals surface area contributed by atoms with Gasteiger partial charge in [0.1, 0.15) is 0 Å². The Bertz CT molecular complexity index is 384. The molecule has 18 heavy (non-hydrogen) atoms. The van der Waals surface area contributed by atoms with Crippen molar-refractivity contribution in [1.29, 1.82) is 0 Å². The summed E-state index contributed by atoms with van der Waals surface area (Å²) in [5, 5.41) is 20.3. The van der Waals surface area contributed by atoms with Crippen LogP contribution in [0.25, 0.3) is 0 Å². The Balaban J connectivity index is 2.11. The molecule has 1 fully saturated rings. The molecule has 2 N–H and O–H groups in total. The number of morpholine rings is 1. The molecule has 1 saturated heterocycles. The number of aromatic nitrogens is 2. The van der Waals surface area contributed by atoms with Crippen LogP contribution in [-0.2, 0) is 4.74 Å². The van der Waals surface area contributed by atoms with Gasteiger partial charge in [-0.15, -0.1) is 5.10 Å². The first kappa shape index (κ1) is 13.3. The van der Waals surface area contributed by atoms with Crippen LogP contribution in [0.4, 0.5) is 6.01 Å². The normalized spacial score (nSPS) is 26.3. The minimum absolute atomic E-state index is 0.00284. The van der Waals surface area contributed by atoms with E-state index in [9.17, 15) is 0 Å². The zero-order chi connectivity index (χ0) is 13.1. The highest BCUT2D eigenvalue weighted by Gasteiger charge is 2.29. The molecule has 0 saturated carbocycles. The molecule has 0 amide bonds. The van der Waals surface area contributed by atoms with Crippen molar-refractivity contribution in [3.8, 4) is 0 Å². The van der Waals surface area contributed by atoms with E-state index in [1.54, 1.807) is 0 Å². The minimum atomic E-state index is -0.196. The van der Waals surface area contributed by atoms with Crippen molar-refractivity contribution in [2.45, 2.75) is 32.0 Å². The van der Waals surface area contributed by atoms with E-state index in [-0.39, 0.29) is 24.8 Å². The molecule has 2 rings (SSSR count). The van der Waals surface area contributed by atoms with E-state index in [4.69, 9.17) is 14.3 Å². The SMILES string of the molecule is CNC(C)c1nnc(N2CC(CO)OCC2C)o1. The van der Waals surface area contributed by atoms with Gasteiger partial charge in [0.05, 0.1) is 37.9 Å². The van der Waals surface area contributed by atoms with E-state index < -0.39 is 0 Å². The lowest BCUT2D eigenvalue weighted by Gasteiger charge is -2.35. The lowest BCUT2D eigenvalue weighted by atomic mass is 10.2. The molecule has 0 aromatic carbocycles. The lowest BCUT2D eigenvalue weighted by Crippen LogP contribution is -2.49. The molecule has 0 radical (unpaired) electrons. The number of ether oxygens (including phenoxy) is 1. The zero-order valence-electron chi connectivity index (χ0n) is 11.0. The predicted molar refractivity (Wildman–Crippen MR) is 65.4 cm³/mol. The number of nitrogens with zero attached hydrogens (tertiary/aromatic N) is 3. The number of nitrogens with one attached hydrogen (secondary N) is 1. The van der Waals surface area contributed by atoms with Crippen molar-refractivity contribution >= 4 is 6.01 Å². The fraction of sp³-hybridized carbons (Fsp3) is 0.818.